The van der Waals surface area contributed by atoms with E-state index in [0.717, 1.165) is 16.7 Å². The van der Waals surface area contributed by atoms with Crippen molar-refractivity contribution in [2.75, 3.05) is 7.05 Å². The fourth-order valence-corrected chi connectivity index (χ4v) is 2.67. The number of aromatic hydroxyl groups is 1. The number of phenols is 1. The number of hydrogen-bond acceptors (Lipinski definition) is 3. The molecule has 0 aliphatic carbocycles. The highest BCUT2D eigenvalue weighted by molar-refractivity contribution is 6.00. The second kappa shape index (κ2) is 6.00. The van der Waals surface area contributed by atoms with Gasteiger partial charge in [-0.3, -0.25) is 4.79 Å². The Balaban J connectivity index is 2.65. The predicted octanol–water partition coefficient (Wildman–Crippen LogP) is 4.29. The van der Waals surface area contributed by atoms with E-state index in [2.05, 4.69) is 41.5 Å². The lowest BCUT2D eigenvalue weighted by atomic mass is 9.78. The molecule has 0 aromatic heterocycles. The highest BCUT2D eigenvalue weighted by Crippen LogP contribution is 2.40. The van der Waals surface area contributed by atoms with E-state index in [4.69, 9.17) is 4.84 Å². The highest BCUT2D eigenvalue weighted by atomic mass is 16.7. The van der Waals surface area contributed by atoms with E-state index in [1.807, 2.05) is 18.2 Å². The Hall–Kier alpha value is -2.23. The van der Waals surface area contributed by atoms with Crippen molar-refractivity contribution >= 4 is 12.0 Å². The SMILES string of the molecule is CN1OC=CC(=Cc2cc(C(C)(C)C)c(O)c(C(C)(C)C)c2)C1=O. The van der Waals surface area contributed by atoms with Crippen LogP contribution in [0.15, 0.2) is 30.0 Å². The van der Waals surface area contributed by atoms with Gasteiger partial charge in [-0.15, -0.1) is 0 Å². The number of rotatable bonds is 1. The van der Waals surface area contributed by atoms with E-state index < -0.39 is 0 Å². The molecule has 1 N–H and O–H groups in total. The number of hydroxylamine groups is 2. The van der Waals surface area contributed by atoms with Gasteiger partial charge in [0.2, 0.25) is 0 Å². The van der Waals surface area contributed by atoms with Crippen molar-refractivity contribution in [3.05, 3.63) is 46.7 Å². The van der Waals surface area contributed by atoms with Crippen molar-refractivity contribution in [3.63, 3.8) is 0 Å². The van der Waals surface area contributed by atoms with E-state index in [0.29, 0.717) is 11.3 Å². The number of likely N-dealkylation sites (N-methyl/N-ethyl adjacent to an activating group) is 1. The average molecular weight is 329 g/mol. The summed E-state index contributed by atoms with van der Waals surface area (Å²) < 4.78 is 0. The number of amides is 1. The molecular weight excluding hydrogens is 302 g/mol. The summed E-state index contributed by atoms with van der Waals surface area (Å²) in [5.41, 5.74) is 2.79. The zero-order chi connectivity index (χ0) is 18.3. The Morgan fingerprint density at radius 1 is 1.04 bits per heavy atom. The lowest BCUT2D eigenvalue weighted by Gasteiger charge is -2.28. The Labute approximate surface area is 144 Å². The number of nitrogens with zero attached hydrogens (tertiary/aromatic N) is 1. The summed E-state index contributed by atoms with van der Waals surface area (Å²) in [4.78, 5) is 17.2. The van der Waals surface area contributed by atoms with Crippen LogP contribution in [0.5, 0.6) is 5.75 Å². The predicted molar refractivity (Wildman–Crippen MR) is 96.5 cm³/mol. The van der Waals surface area contributed by atoms with Gasteiger partial charge in [0.1, 0.15) is 12.0 Å². The first-order valence-electron chi connectivity index (χ1n) is 8.12. The minimum absolute atomic E-state index is 0.194. The van der Waals surface area contributed by atoms with Crippen LogP contribution in [-0.2, 0) is 20.5 Å². The van der Waals surface area contributed by atoms with Crippen LogP contribution < -0.4 is 0 Å². The summed E-state index contributed by atoms with van der Waals surface area (Å²) >= 11 is 0. The second-order valence-electron chi connectivity index (χ2n) is 8.28. The van der Waals surface area contributed by atoms with Gasteiger partial charge in [0, 0.05) is 23.7 Å². The first kappa shape index (κ1) is 18.1. The molecule has 130 valence electrons. The maximum atomic E-state index is 12.2. The molecule has 0 atom stereocenters. The van der Waals surface area contributed by atoms with Crippen LogP contribution in [0.4, 0.5) is 0 Å². The monoisotopic (exact) mass is 329 g/mol. The minimum Gasteiger partial charge on any atom is -0.507 e. The van der Waals surface area contributed by atoms with Gasteiger partial charge in [0.05, 0.1) is 0 Å². The number of carbonyl (C=O) groups is 1. The van der Waals surface area contributed by atoms with Crippen molar-refractivity contribution in [2.24, 2.45) is 0 Å². The summed E-state index contributed by atoms with van der Waals surface area (Å²) in [5, 5.41) is 12.0. The van der Waals surface area contributed by atoms with Gasteiger partial charge in [-0.25, -0.2) is 0 Å². The van der Waals surface area contributed by atoms with Crippen LogP contribution >= 0.6 is 0 Å². The zero-order valence-electron chi connectivity index (χ0n) is 15.6. The van der Waals surface area contributed by atoms with Crippen molar-refractivity contribution in [2.45, 2.75) is 52.4 Å². The van der Waals surface area contributed by atoms with Crippen LogP contribution in [0.2, 0.25) is 0 Å². The zero-order valence-corrected chi connectivity index (χ0v) is 15.6. The van der Waals surface area contributed by atoms with Gasteiger partial charge in [0.15, 0.2) is 0 Å². The summed E-state index contributed by atoms with van der Waals surface area (Å²) in [7, 11) is 1.58. The first-order valence-corrected chi connectivity index (χ1v) is 8.12. The number of carbonyl (C=O) groups excluding carboxylic acids is 1. The smallest absolute Gasteiger partial charge is 0.286 e. The van der Waals surface area contributed by atoms with Crippen molar-refractivity contribution in [3.8, 4) is 5.75 Å². The van der Waals surface area contributed by atoms with Gasteiger partial charge >= 0.3 is 0 Å². The Bertz CT molecular complexity index is 680. The molecule has 1 heterocycles. The van der Waals surface area contributed by atoms with Crippen LogP contribution in [0.1, 0.15) is 58.2 Å². The Kier molecular flexibility index (Phi) is 4.53. The third-order valence-corrected chi connectivity index (χ3v) is 4.07. The fraction of sp³-hybridized carbons (Fsp3) is 0.450. The number of benzene rings is 1. The molecule has 0 radical (unpaired) electrons. The van der Waals surface area contributed by atoms with Gasteiger partial charge in [-0.1, -0.05) is 41.5 Å². The molecule has 1 amide bonds. The molecule has 0 bridgehead atoms. The largest absolute Gasteiger partial charge is 0.507 e. The molecule has 0 spiro atoms. The quantitative estimate of drug-likeness (QED) is 0.782. The first-order chi connectivity index (χ1) is 10.9. The molecular formula is C20H27NO3. The minimum atomic E-state index is -0.203. The summed E-state index contributed by atoms with van der Waals surface area (Å²) in [6.45, 7) is 12.4. The fourth-order valence-electron chi connectivity index (χ4n) is 2.67. The van der Waals surface area contributed by atoms with Crippen molar-refractivity contribution in [1.82, 2.24) is 5.06 Å². The molecule has 0 unspecified atom stereocenters. The van der Waals surface area contributed by atoms with E-state index >= 15 is 0 Å². The summed E-state index contributed by atoms with van der Waals surface area (Å²) in [5.74, 6) is 0.142. The normalized spacial score (nSPS) is 17.4. The van der Waals surface area contributed by atoms with Gasteiger partial charge in [-0.05, 0) is 40.7 Å². The molecule has 24 heavy (non-hydrogen) atoms. The van der Waals surface area contributed by atoms with Gasteiger partial charge < -0.3 is 9.94 Å². The third-order valence-electron chi connectivity index (χ3n) is 4.07. The number of phenolic OH excluding ortho intramolecular Hbond substituents is 1. The second-order valence-corrected chi connectivity index (χ2v) is 8.28. The molecule has 4 heteroatoms. The Morgan fingerprint density at radius 2 is 1.54 bits per heavy atom. The van der Waals surface area contributed by atoms with E-state index in [-0.39, 0.29) is 16.7 Å². The Morgan fingerprint density at radius 3 is 2.00 bits per heavy atom. The van der Waals surface area contributed by atoms with Crippen molar-refractivity contribution in [1.29, 1.82) is 0 Å². The van der Waals surface area contributed by atoms with Gasteiger partial charge in [-0.2, -0.15) is 5.06 Å². The van der Waals surface area contributed by atoms with Crippen LogP contribution in [0.3, 0.4) is 0 Å². The molecule has 1 aromatic rings. The lowest BCUT2D eigenvalue weighted by molar-refractivity contribution is -0.158. The van der Waals surface area contributed by atoms with E-state index in [1.165, 1.54) is 11.3 Å². The number of hydrogen-bond donors (Lipinski definition) is 1. The summed E-state index contributed by atoms with van der Waals surface area (Å²) in [6, 6.07) is 3.91. The highest BCUT2D eigenvalue weighted by Gasteiger charge is 2.26. The molecule has 1 aliphatic rings. The maximum Gasteiger partial charge on any atom is 0.286 e. The van der Waals surface area contributed by atoms with Crippen LogP contribution in [0, 0.1) is 0 Å². The van der Waals surface area contributed by atoms with E-state index in [9.17, 15) is 9.90 Å². The molecule has 0 fully saturated rings. The topological polar surface area (TPSA) is 49.8 Å². The maximum absolute atomic E-state index is 12.2. The van der Waals surface area contributed by atoms with Crippen LogP contribution in [-0.4, -0.2) is 23.1 Å². The molecule has 0 saturated carbocycles. The average Bonchev–Trinajstić information content (AvgIpc) is 2.43. The van der Waals surface area contributed by atoms with Crippen LogP contribution in [0.25, 0.3) is 6.08 Å². The lowest BCUT2D eigenvalue weighted by Crippen LogP contribution is -2.28. The molecule has 2 rings (SSSR count). The molecule has 4 nitrogen and oxygen atoms in total. The standard InChI is InChI=1S/C20H27NO3/c1-19(2,3)15-11-13(12-16(17(15)22)20(4,5)6)10-14-8-9-24-21(7)18(14)23/h8-12,22H,1-7H3. The van der Waals surface area contributed by atoms with Gasteiger partial charge in [0.25, 0.3) is 5.91 Å². The third kappa shape index (κ3) is 3.64. The molecule has 1 aromatic carbocycles. The van der Waals surface area contributed by atoms with E-state index in [1.54, 1.807) is 13.1 Å². The molecule has 1 aliphatic heterocycles. The molecule has 0 saturated heterocycles. The van der Waals surface area contributed by atoms with Crippen molar-refractivity contribution < 1.29 is 14.7 Å². The summed E-state index contributed by atoms with van der Waals surface area (Å²) in [6.07, 6.45) is 4.98.